The van der Waals surface area contributed by atoms with E-state index >= 15 is 0 Å². The van der Waals surface area contributed by atoms with Crippen molar-refractivity contribution >= 4 is 47.1 Å². The number of halogens is 2. The topological polar surface area (TPSA) is 54.0 Å². The average molecular weight is 387 g/mol. The van der Waals surface area contributed by atoms with Gasteiger partial charge >= 0.3 is 0 Å². The summed E-state index contributed by atoms with van der Waals surface area (Å²) in [6, 6.07) is 5.62. The van der Waals surface area contributed by atoms with Gasteiger partial charge in [-0.3, -0.25) is 9.98 Å². The van der Waals surface area contributed by atoms with E-state index in [1.54, 1.807) is 17.8 Å². The molecule has 132 valence electrons. The van der Waals surface area contributed by atoms with Crippen molar-refractivity contribution in [3.8, 4) is 0 Å². The number of rotatable bonds is 6. The largest absolute Gasteiger partial charge is 0.388 e. The molecule has 0 aromatic heterocycles. The van der Waals surface area contributed by atoms with Crippen molar-refractivity contribution in [2.24, 2.45) is 21.6 Å². The highest BCUT2D eigenvalue weighted by Gasteiger charge is 2.47. The number of nitrogens with two attached hydrogens (primary N) is 1. The van der Waals surface area contributed by atoms with Crippen LogP contribution in [0.3, 0.4) is 0 Å². The predicted molar refractivity (Wildman–Crippen MR) is 107 cm³/mol. The Balaban J connectivity index is 2.38. The molecule has 1 heterocycles. The van der Waals surface area contributed by atoms with Gasteiger partial charge in [0.05, 0.1) is 18.7 Å². The zero-order valence-electron chi connectivity index (χ0n) is 14.5. The third-order valence-electron chi connectivity index (χ3n) is 4.21. The van der Waals surface area contributed by atoms with Gasteiger partial charge in [-0.25, -0.2) is 0 Å². The average Bonchev–Trinajstić information content (AvgIpc) is 2.83. The monoisotopic (exact) mass is 386 g/mol. The van der Waals surface area contributed by atoms with Gasteiger partial charge in [-0.2, -0.15) is 0 Å². The molecular weight excluding hydrogens is 363 g/mol. The van der Waals surface area contributed by atoms with Gasteiger partial charge < -0.3 is 10.6 Å². The highest BCUT2D eigenvalue weighted by molar-refractivity contribution is 8.00. The molecule has 7 heteroatoms. The molecule has 0 saturated carbocycles. The molecule has 2 atom stereocenters. The van der Waals surface area contributed by atoms with Crippen molar-refractivity contribution in [3.63, 3.8) is 0 Å². The van der Waals surface area contributed by atoms with Crippen LogP contribution in [0.4, 0.5) is 0 Å². The minimum atomic E-state index is -0.337. The van der Waals surface area contributed by atoms with Crippen LogP contribution in [0.2, 0.25) is 10.0 Å². The van der Waals surface area contributed by atoms with Crippen molar-refractivity contribution in [2.45, 2.75) is 43.5 Å². The molecule has 0 amide bonds. The lowest BCUT2D eigenvalue weighted by atomic mass is 9.87. The van der Waals surface area contributed by atoms with Crippen LogP contribution >= 0.6 is 35.0 Å². The Bertz CT molecular complexity index is 623. The summed E-state index contributed by atoms with van der Waals surface area (Å²) in [6.07, 6.45) is 1.94. The fourth-order valence-electron chi connectivity index (χ4n) is 2.72. The maximum absolute atomic E-state index is 6.16. The van der Waals surface area contributed by atoms with Crippen LogP contribution in [-0.2, 0) is 0 Å². The molecule has 0 radical (unpaired) electrons. The molecule has 2 unspecified atom stereocenters. The lowest BCUT2D eigenvalue weighted by Gasteiger charge is -2.38. The standard InChI is InChI=1S/C17H24Cl2N4S/c1-5-23-10-22-17(11(2)3,9-21-12(4)20)16(23)24-15-7-13(18)6-14(19)8-15/h6-8,10-11,16H,5,9H2,1-4H3,(H2,20,21). The molecule has 0 bridgehead atoms. The first-order valence-corrected chi connectivity index (χ1v) is 9.62. The second-order valence-electron chi connectivity index (χ2n) is 6.25. The Morgan fingerprint density at radius 2 is 2.00 bits per heavy atom. The zero-order chi connectivity index (χ0) is 17.9. The second-order valence-corrected chi connectivity index (χ2v) is 8.28. The highest BCUT2D eigenvalue weighted by Crippen LogP contribution is 2.43. The minimum absolute atomic E-state index is 0.111. The number of aliphatic imine (C=N–C) groups is 2. The number of benzene rings is 1. The van der Waals surface area contributed by atoms with E-state index in [9.17, 15) is 0 Å². The van der Waals surface area contributed by atoms with Crippen molar-refractivity contribution in [3.05, 3.63) is 28.2 Å². The van der Waals surface area contributed by atoms with E-state index in [1.165, 1.54) is 0 Å². The van der Waals surface area contributed by atoms with Crippen molar-refractivity contribution in [1.29, 1.82) is 0 Å². The lowest BCUT2D eigenvalue weighted by Crippen LogP contribution is -2.49. The first-order valence-electron chi connectivity index (χ1n) is 7.99. The van der Waals surface area contributed by atoms with Crippen LogP contribution in [0.15, 0.2) is 33.1 Å². The summed E-state index contributed by atoms with van der Waals surface area (Å²) in [6.45, 7) is 9.72. The number of thioether (sulfide) groups is 1. The number of likely N-dealkylation sites (N-methyl/N-ethyl adjacent to an activating group) is 1. The maximum Gasteiger partial charge on any atom is 0.114 e. The molecule has 2 rings (SSSR count). The van der Waals surface area contributed by atoms with Crippen LogP contribution in [0, 0.1) is 5.92 Å². The van der Waals surface area contributed by atoms with Gasteiger partial charge in [-0.05, 0) is 38.0 Å². The smallest absolute Gasteiger partial charge is 0.114 e. The summed E-state index contributed by atoms with van der Waals surface area (Å²) in [5.41, 5.74) is 5.44. The van der Waals surface area contributed by atoms with E-state index in [2.05, 4.69) is 30.7 Å². The van der Waals surface area contributed by atoms with Gasteiger partial charge in [0.25, 0.3) is 0 Å². The zero-order valence-corrected chi connectivity index (χ0v) is 16.8. The van der Waals surface area contributed by atoms with E-state index in [0.29, 0.717) is 28.3 Å². The molecule has 1 aromatic rings. The summed E-state index contributed by atoms with van der Waals surface area (Å²) < 4.78 is 0. The molecule has 0 fully saturated rings. The molecule has 1 aliphatic heterocycles. The number of amidine groups is 1. The van der Waals surface area contributed by atoms with Crippen LogP contribution in [-0.4, -0.2) is 41.1 Å². The van der Waals surface area contributed by atoms with E-state index < -0.39 is 0 Å². The fourth-order valence-corrected chi connectivity index (χ4v) is 4.98. The molecular formula is C17H24Cl2N4S. The first-order chi connectivity index (χ1) is 11.3. The van der Waals surface area contributed by atoms with E-state index in [1.807, 2.05) is 25.4 Å². The highest BCUT2D eigenvalue weighted by atomic mass is 35.5. The van der Waals surface area contributed by atoms with Gasteiger partial charge in [-0.15, -0.1) is 0 Å². The minimum Gasteiger partial charge on any atom is -0.388 e. The fraction of sp³-hybridized carbons (Fsp3) is 0.529. The van der Waals surface area contributed by atoms with E-state index in [-0.39, 0.29) is 10.9 Å². The Hall–Kier alpha value is -0.910. The van der Waals surface area contributed by atoms with Gasteiger partial charge in [0.2, 0.25) is 0 Å². The maximum atomic E-state index is 6.16. The van der Waals surface area contributed by atoms with Crippen LogP contribution < -0.4 is 5.73 Å². The van der Waals surface area contributed by atoms with Gasteiger partial charge in [0, 0.05) is 21.5 Å². The molecule has 0 saturated heterocycles. The van der Waals surface area contributed by atoms with Crippen LogP contribution in [0.25, 0.3) is 0 Å². The van der Waals surface area contributed by atoms with Crippen LogP contribution in [0.1, 0.15) is 27.7 Å². The van der Waals surface area contributed by atoms with Crippen LogP contribution in [0.5, 0.6) is 0 Å². The van der Waals surface area contributed by atoms with E-state index in [0.717, 1.165) is 11.4 Å². The molecule has 1 aromatic carbocycles. The second kappa shape index (κ2) is 7.98. The SMILES string of the molecule is CCN1C=NC(CN=C(C)N)(C(C)C)C1Sc1cc(Cl)cc(Cl)c1. The van der Waals surface area contributed by atoms with E-state index in [4.69, 9.17) is 33.9 Å². The summed E-state index contributed by atoms with van der Waals surface area (Å²) in [7, 11) is 0. The summed E-state index contributed by atoms with van der Waals surface area (Å²) in [4.78, 5) is 12.6. The van der Waals surface area contributed by atoms with Gasteiger partial charge in [0.15, 0.2) is 0 Å². The molecule has 2 N–H and O–H groups in total. The molecule has 1 aliphatic rings. The third kappa shape index (κ3) is 4.19. The lowest BCUT2D eigenvalue weighted by molar-refractivity contribution is 0.257. The van der Waals surface area contributed by atoms with Crippen molar-refractivity contribution in [1.82, 2.24) is 4.90 Å². The Morgan fingerprint density at radius 1 is 1.38 bits per heavy atom. The van der Waals surface area contributed by atoms with Gasteiger partial charge in [0.1, 0.15) is 10.9 Å². The summed E-state index contributed by atoms with van der Waals surface area (Å²) in [5.74, 6) is 0.885. The molecule has 0 spiro atoms. The predicted octanol–water partition coefficient (Wildman–Crippen LogP) is 4.55. The number of nitrogens with zero attached hydrogens (tertiary/aromatic N) is 3. The quantitative estimate of drug-likeness (QED) is 0.576. The number of hydrogen-bond acceptors (Lipinski definition) is 4. The third-order valence-corrected chi connectivity index (χ3v) is 6.05. The Morgan fingerprint density at radius 3 is 2.50 bits per heavy atom. The van der Waals surface area contributed by atoms with Crippen molar-refractivity contribution in [2.75, 3.05) is 13.1 Å². The molecule has 24 heavy (non-hydrogen) atoms. The summed E-state index contributed by atoms with van der Waals surface area (Å²) in [5, 5.41) is 1.39. The Kier molecular flexibility index (Phi) is 6.46. The number of hydrogen-bond donors (Lipinski definition) is 1. The first kappa shape index (κ1) is 19.4. The normalized spacial score (nSPS) is 24.2. The molecule has 4 nitrogen and oxygen atoms in total. The Labute approximate surface area is 158 Å². The molecule has 0 aliphatic carbocycles. The van der Waals surface area contributed by atoms with Crippen molar-refractivity contribution < 1.29 is 0 Å². The van der Waals surface area contributed by atoms with Gasteiger partial charge in [-0.1, -0.05) is 48.8 Å². The summed E-state index contributed by atoms with van der Waals surface area (Å²) >= 11 is 14.0.